The lowest BCUT2D eigenvalue weighted by Crippen LogP contribution is -2.34. The maximum atomic E-state index is 5.92. The van der Waals surface area contributed by atoms with Crippen LogP contribution in [-0.2, 0) is 4.74 Å². The van der Waals surface area contributed by atoms with Crippen molar-refractivity contribution in [1.82, 2.24) is 5.32 Å². The van der Waals surface area contributed by atoms with Crippen LogP contribution in [-0.4, -0.2) is 25.9 Å². The van der Waals surface area contributed by atoms with Crippen LogP contribution in [0.4, 0.5) is 0 Å². The van der Waals surface area contributed by atoms with Crippen LogP contribution < -0.4 is 10.1 Å². The van der Waals surface area contributed by atoms with E-state index in [2.05, 4.69) is 29.6 Å². The molecule has 3 heteroatoms. The zero-order valence-corrected chi connectivity index (χ0v) is 11.6. The molecule has 3 nitrogen and oxygen atoms in total. The van der Waals surface area contributed by atoms with Crippen LogP contribution in [0.15, 0.2) is 24.3 Å². The second-order valence-corrected chi connectivity index (χ2v) is 5.56. The Labute approximate surface area is 115 Å². The molecule has 0 amide bonds. The first-order valence-corrected chi connectivity index (χ1v) is 7.42. The van der Waals surface area contributed by atoms with Gasteiger partial charge in [0.1, 0.15) is 5.75 Å². The smallest absolute Gasteiger partial charge is 0.120 e. The number of nitrogens with one attached hydrogen (secondary N) is 1. The second kappa shape index (κ2) is 5.93. The fourth-order valence-corrected chi connectivity index (χ4v) is 2.76. The highest BCUT2D eigenvalue weighted by Gasteiger charge is 2.26. The van der Waals surface area contributed by atoms with E-state index in [0.29, 0.717) is 6.10 Å². The number of likely N-dealkylation sites (N-methyl/N-ethyl adjacent to an activating group) is 1. The van der Waals surface area contributed by atoms with E-state index in [1.807, 2.05) is 7.05 Å². The normalized spacial score (nSPS) is 25.0. The first-order chi connectivity index (χ1) is 9.36. The number of benzene rings is 1. The molecule has 104 valence electrons. The molecule has 1 saturated heterocycles. The average Bonchev–Trinajstić information content (AvgIpc) is 3.25. The van der Waals surface area contributed by atoms with Crippen molar-refractivity contribution in [2.45, 2.75) is 50.4 Å². The predicted octanol–water partition coefficient (Wildman–Crippen LogP) is 3.06. The molecule has 2 atom stereocenters. The quantitative estimate of drug-likeness (QED) is 0.883. The Hall–Kier alpha value is -1.06. The van der Waals surface area contributed by atoms with Crippen molar-refractivity contribution in [3.05, 3.63) is 29.8 Å². The largest absolute Gasteiger partial charge is 0.490 e. The molecule has 2 aliphatic rings. The lowest BCUT2D eigenvalue weighted by atomic mass is 9.96. The van der Waals surface area contributed by atoms with Gasteiger partial charge in [0, 0.05) is 6.61 Å². The van der Waals surface area contributed by atoms with Crippen molar-refractivity contribution < 1.29 is 9.47 Å². The summed E-state index contributed by atoms with van der Waals surface area (Å²) in [6, 6.07) is 8.73. The van der Waals surface area contributed by atoms with E-state index in [0.717, 1.165) is 18.8 Å². The average molecular weight is 261 g/mol. The second-order valence-electron chi connectivity index (χ2n) is 5.56. The van der Waals surface area contributed by atoms with Crippen molar-refractivity contribution in [2.24, 2.45) is 0 Å². The van der Waals surface area contributed by atoms with E-state index in [4.69, 9.17) is 9.47 Å². The van der Waals surface area contributed by atoms with Crippen LogP contribution in [0.5, 0.6) is 5.75 Å². The van der Waals surface area contributed by atoms with Crippen molar-refractivity contribution >= 4 is 0 Å². The Morgan fingerprint density at radius 3 is 2.84 bits per heavy atom. The van der Waals surface area contributed by atoms with Crippen LogP contribution in [0.2, 0.25) is 0 Å². The van der Waals surface area contributed by atoms with Gasteiger partial charge in [0.25, 0.3) is 0 Å². The summed E-state index contributed by atoms with van der Waals surface area (Å²) in [5, 5.41) is 3.40. The van der Waals surface area contributed by atoms with Gasteiger partial charge in [-0.1, -0.05) is 12.1 Å². The SMILES string of the molecule is CNC(c1cccc(OC2CC2)c1)C1CCCCO1. The van der Waals surface area contributed by atoms with E-state index in [1.165, 1.54) is 31.2 Å². The van der Waals surface area contributed by atoms with Crippen LogP contribution >= 0.6 is 0 Å². The Balaban J connectivity index is 1.73. The zero-order chi connectivity index (χ0) is 13.1. The summed E-state index contributed by atoms with van der Waals surface area (Å²) in [4.78, 5) is 0. The van der Waals surface area contributed by atoms with E-state index in [9.17, 15) is 0 Å². The molecule has 0 bridgehead atoms. The summed E-state index contributed by atoms with van der Waals surface area (Å²) in [6.45, 7) is 0.890. The molecular weight excluding hydrogens is 238 g/mol. The van der Waals surface area contributed by atoms with Crippen molar-refractivity contribution in [1.29, 1.82) is 0 Å². The lowest BCUT2D eigenvalue weighted by molar-refractivity contribution is -0.00665. The molecule has 1 saturated carbocycles. The molecule has 1 heterocycles. The predicted molar refractivity (Wildman–Crippen MR) is 75.5 cm³/mol. The number of hydrogen-bond donors (Lipinski definition) is 1. The Morgan fingerprint density at radius 1 is 1.26 bits per heavy atom. The Kier molecular flexibility index (Phi) is 4.04. The van der Waals surface area contributed by atoms with Crippen LogP contribution in [0.25, 0.3) is 0 Å². The third kappa shape index (κ3) is 3.28. The highest BCUT2D eigenvalue weighted by atomic mass is 16.5. The maximum absolute atomic E-state index is 5.92. The minimum atomic E-state index is 0.267. The summed E-state index contributed by atoms with van der Waals surface area (Å²) < 4.78 is 11.8. The molecule has 1 aliphatic carbocycles. The number of hydrogen-bond acceptors (Lipinski definition) is 3. The summed E-state index contributed by atoms with van der Waals surface area (Å²) in [5.41, 5.74) is 1.27. The van der Waals surface area contributed by atoms with Crippen LogP contribution in [0, 0.1) is 0 Å². The fourth-order valence-electron chi connectivity index (χ4n) is 2.76. The monoisotopic (exact) mass is 261 g/mol. The molecule has 0 radical (unpaired) electrons. The third-order valence-electron chi connectivity index (χ3n) is 3.94. The number of rotatable bonds is 5. The Morgan fingerprint density at radius 2 is 2.16 bits per heavy atom. The van der Waals surface area contributed by atoms with Gasteiger partial charge >= 0.3 is 0 Å². The van der Waals surface area contributed by atoms with Gasteiger partial charge in [-0.25, -0.2) is 0 Å². The van der Waals surface area contributed by atoms with E-state index in [-0.39, 0.29) is 12.1 Å². The van der Waals surface area contributed by atoms with E-state index in [1.54, 1.807) is 0 Å². The Bertz CT molecular complexity index is 411. The van der Waals surface area contributed by atoms with Crippen LogP contribution in [0.1, 0.15) is 43.7 Å². The highest BCUT2D eigenvalue weighted by Crippen LogP contribution is 2.31. The van der Waals surface area contributed by atoms with Gasteiger partial charge in [0.15, 0.2) is 0 Å². The molecule has 1 aromatic rings. The van der Waals surface area contributed by atoms with Gasteiger partial charge in [0.05, 0.1) is 18.2 Å². The third-order valence-corrected chi connectivity index (χ3v) is 3.94. The molecule has 1 aliphatic heterocycles. The van der Waals surface area contributed by atoms with Gasteiger partial charge in [-0.15, -0.1) is 0 Å². The summed E-state index contributed by atoms with van der Waals surface area (Å²) in [6.07, 6.45) is 6.73. The summed E-state index contributed by atoms with van der Waals surface area (Å²) >= 11 is 0. The topological polar surface area (TPSA) is 30.5 Å². The molecule has 0 spiro atoms. The molecule has 0 aromatic heterocycles. The molecule has 19 heavy (non-hydrogen) atoms. The summed E-state index contributed by atoms with van der Waals surface area (Å²) in [7, 11) is 2.01. The first-order valence-electron chi connectivity index (χ1n) is 7.42. The molecule has 2 fully saturated rings. The maximum Gasteiger partial charge on any atom is 0.120 e. The van der Waals surface area contributed by atoms with E-state index < -0.39 is 0 Å². The minimum absolute atomic E-state index is 0.267. The van der Waals surface area contributed by atoms with Crippen molar-refractivity contribution in [3.63, 3.8) is 0 Å². The van der Waals surface area contributed by atoms with Gasteiger partial charge in [-0.3, -0.25) is 0 Å². The van der Waals surface area contributed by atoms with Crippen molar-refractivity contribution in [3.8, 4) is 5.75 Å². The van der Waals surface area contributed by atoms with Gasteiger partial charge in [-0.05, 0) is 56.8 Å². The molecule has 3 rings (SSSR count). The van der Waals surface area contributed by atoms with E-state index >= 15 is 0 Å². The van der Waals surface area contributed by atoms with Gasteiger partial charge < -0.3 is 14.8 Å². The van der Waals surface area contributed by atoms with Gasteiger partial charge in [-0.2, -0.15) is 0 Å². The fraction of sp³-hybridized carbons (Fsp3) is 0.625. The minimum Gasteiger partial charge on any atom is -0.490 e. The lowest BCUT2D eigenvalue weighted by Gasteiger charge is -2.30. The van der Waals surface area contributed by atoms with Gasteiger partial charge in [0.2, 0.25) is 0 Å². The first kappa shape index (κ1) is 12.9. The highest BCUT2D eigenvalue weighted by molar-refractivity contribution is 5.31. The molecule has 1 aromatic carbocycles. The number of ether oxygens (including phenoxy) is 2. The summed E-state index contributed by atoms with van der Waals surface area (Å²) in [5.74, 6) is 0.996. The molecule has 1 N–H and O–H groups in total. The molecule has 2 unspecified atom stereocenters. The zero-order valence-electron chi connectivity index (χ0n) is 11.6. The van der Waals surface area contributed by atoms with Crippen LogP contribution in [0.3, 0.4) is 0 Å². The standard InChI is InChI=1S/C16H23NO2/c1-17-16(15-7-2-3-10-18-15)12-5-4-6-14(11-12)19-13-8-9-13/h4-6,11,13,15-17H,2-3,7-10H2,1H3. The molecular formula is C16H23NO2. The van der Waals surface area contributed by atoms with Crippen molar-refractivity contribution in [2.75, 3.05) is 13.7 Å².